The third-order valence-electron chi connectivity index (χ3n) is 4.47. The second-order valence-corrected chi connectivity index (χ2v) is 8.05. The molecule has 8 nitrogen and oxygen atoms in total. The molecule has 1 saturated carbocycles. The molecule has 2 aromatic rings. The molecular weight excluding hydrogens is 444 g/mol. The first-order valence-electron chi connectivity index (χ1n) is 9.52. The highest BCUT2D eigenvalue weighted by Crippen LogP contribution is 2.36. The lowest BCUT2D eigenvalue weighted by Crippen LogP contribution is -2.07. The molecule has 0 atom stereocenters. The van der Waals surface area contributed by atoms with Gasteiger partial charge in [-0.2, -0.15) is 0 Å². The lowest BCUT2D eigenvalue weighted by molar-refractivity contribution is 0.0588. The molecule has 2 heterocycles. The Morgan fingerprint density at radius 3 is 1.90 bits per heavy atom. The number of hydrogen-bond donors (Lipinski definition) is 0. The number of esters is 2. The van der Waals surface area contributed by atoms with Gasteiger partial charge >= 0.3 is 11.9 Å². The minimum Gasteiger partial charge on any atom is -0.481 e. The van der Waals surface area contributed by atoms with Crippen molar-refractivity contribution in [3.05, 3.63) is 40.5 Å². The molecule has 0 amide bonds. The Bertz CT molecular complexity index is 905. The molecule has 0 unspecified atom stereocenters. The highest BCUT2D eigenvalue weighted by Gasteiger charge is 2.22. The summed E-state index contributed by atoms with van der Waals surface area (Å²) < 4.78 is 19.2. The van der Waals surface area contributed by atoms with E-state index in [4.69, 9.17) is 25.8 Å². The van der Waals surface area contributed by atoms with Crippen LogP contribution in [0.25, 0.3) is 0 Å². The van der Waals surface area contributed by atoms with E-state index < -0.39 is 5.97 Å². The van der Waals surface area contributed by atoms with Crippen LogP contribution in [0, 0.1) is 0 Å². The molecule has 1 fully saturated rings. The fourth-order valence-corrected chi connectivity index (χ4v) is 4.38. The van der Waals surface area contributed by atoms with Crippen LogP contribution < -0.4 is 9.47 Å². The topological polar surface area (TPSA) is 96.8 Å². The molecular formula is C21H25ClN2O6S. The van der Waals surface area contributed by atoms with Crippen molar-refractivity contribution in [3.8, 4) is 11.8 Å². The molecule has 0 N–H and O–H groups in total. The van der Waals surface area contributed by atoms with Crippen LogP contribution in [-0.4, -0.2) is 55.6 Å². The molecule has 31 heavy (non-hydrogen) atoms. The highest BCUT2D eigenvalue weighted by molar-refractivity contribution is 7.99. The summed E-state index contributed by atoms with van der Waals surface area (Å²) in [6, 6.07) is 6.44. The van der Waals surface area contributed by atoms with E-state index in [1.807, 2.05) is 0 Å². The maximum atomic E-state index is 11.7. The first kappa shape index (κ1) is 24.7. The van der Waals surface area contributed by atoms with Crippen molar-refractivity contribution < 1.29 is 28.5 Å². The number of halogens is 1. The van der Waals surface area contributed by atoms with Crippen LogP contribution in [0.4, 0.5) is 0 Å². The number of thioether (sulfide) groups is 1. The zero-order chi connectivity index (χ0) is 22.8. The maximum absolute atomic E-state index is 11.7. The number of rotatable bonds is 6. The SMILES string of the molecule is COC(=O)c1ccc(OC)nc1Cl.COC(=O)c1ccc(OC)nc1SC1CCCC1. The van der Waals surface area contributed by atoms with Crippen molar-refractivity contribution in [2.75, 3.05) is 28.4 Å². The largest absolute Gasteiger partial charge is 0.481 e. The Hall–Kier alpha value is -2.52. The zero-order valence-electron chi connectivity index (χ0n) is 17.8. The monoisotopic (exact) mass is 468 g/mol. The van der Waals surface area contributed by atoms with E-state index in [1.165, 1.54) is 59.1 Å². The van der Waals surface area contributed by atoms with Gasteiger partial charge in [0, 0.05) is 17.4 Å². The fourth-order valence-electron chi connectivity index (χ4n) is 2.85. The summed E-state index contributed by atoms with van der Waals surface area (Å²) in [7, 11) is 5.71. The van der Waals surface area contributed by atoms with Crippen LogP contribution >= 0.6 is 23.4 Å². The van der Waals surface area contributed by atoms with Crippen LogP contribution in [0.5, 0.6) is 11.8 Å². The van der Waals surface area contributed by atoms with E-state index in [1.54, 1.807) is 31.0 Å². The second kappa shape index (κ2) is 12.4. The number of hydrogen-bond acceptors (Lipinski definition) is 9. The number of aromatic nitrogens is 2. The van der Waals surface area contributed by atoms with Crippen molar-refractivity contribution in [3.63, 3.8) is 0 Å². The zero-order valence-corrected chi connectivity index (χ0v) is 19.4. The Morgan fingerprint density at radius 2 is 1.39 bits per heavy atom. The van der Waals surface area contributed by atoms with Gasteiger partial charge in [-0.05, 0) is 25.0 Å². The van der Waals surface area contributed by atoms with Crippen molar-refractivity contribution >= 4 is 35.3 Å². The van der Waals surface area contributed by atoms with Crippen LogP contribution in [0.3, 0.4) is 0 Å². The average Bonchev–Trinajstić information content (AvgIpc) is 3.31. The van der Waals surface area contributed by atoms with Gasteiger partial charge in [0.2, 0.25) is 11.8 Å². The molecule has 10 heteroatoms. The third kappa shape index (κ3) is 7.00. The molecule has 0 aromatic carbocycles. The van der Waals surface area contributed by atoms with E-state index in [-0.39, 0.29) is 16.7 Å². The van der Waals surface area contributed by atoms with Gasteiger partial charge < -0.3 is 18.9 Å². The molecule has 168 valence electrons. The number of methoxy groups -OCH3 is 4. The van der Waals surface area contributed by atoms with Gasteiger partial charge in [-0.25, -0.2) is 19.6 Å². The summed E-state index contributed by atoms with van der Waals surface area (Å²) in [6.07, 6.45) is 4.89. The third-order valence-corrected chi connectivity index (χ3v) is 6.09. The van der Waals surface area contributed by atoms with Crippen molar-refractivity contribution in [2.45, 2.75) is 36.0 Å². The predicted molar refractivity (Wildman–Crippen MR) is 117 cm³/mol. The number of nitrogens with zero attached hydrogens (tertiary/aromatic N) is 2. The number of ether oxygens (including phenoxy) is 4. The second-order valence-electron chi connectivity index (χ2n) is 6.41. The molecule has 2 aromatic heterocycles. The van der Waals surface area contributed by atoms with Crippen molar-refractivity contribution in [1.29, 1.82) is 0 Å². The molecule has 1 aliphatic carbocycles. The Kier molecular flexibility index (Phi) is 9.87. The van der Waals surface area contributed by atoms with Gasteiger partial charge in [0.15, 0.2) is 0 Å². The molecule has 0 bridgehead atoms. The minimum atomic E-state index is -0.514. The predicted octanol–water partition coefficient (Wildman–Crippen LogP) is 4.44. The standard InChI is InChI=1S/C13H17NO3S.C8H8ClNO3/c1-16-11-8-7-10(13(15)17-2)12(14-11)18-9-5-3-4-6-9;1-12-6-4-3-5(7(9)10-6)8(11)13-2/h7-9H,3-6H2,1-2H3;3-4H,1-2H3. The van der Waals surface area contributed by atoms with Crippen LogP contribution in [-0.2, 0) is 9.47 Å². The summed E-state index contributed by atoms with van der Waals surface area (Å²) in [5.41, 5.74) is 0.750. The Balaban J connectivity index is 0.000000233. The minimum absolute atomic E-state index is 0.0752. The van der Waals surface area contributed by atoms with Gasteiger partial charge in [0.1, 0.15) is 10.2 Å². The molecule has 1 aliphatic rings. The summed E-state index contributed by atoms with van der Waals surface area (Å²) in [6.45, 7) is 0. The summed E-state index contributed by atoms with van der Waals surface area (Å²) >= 11 is 7.35. The summed E-state index contributed by atoms with van der Waals surface area (Å²) in [5, 5.41) is 1.34. The van der Waals surface area contributed by atoms with E-state index in [0.717, 1.165) is 0 Å². The highest BCUT2D eigenvalue weighted by atomic mass is 35.5. The van der Waals surface area contributed by atoms with Crippen molar-refractivity contribution in [2.24, 2.45) is 0 Å². The molecule has 0 spiro atoms. The smallest absolute Gasteiger partial charge is 0.341 e. The molecule has 0 aliphatic heterocycles. The fraction of sp³-hybridized carbons (Fsp3) is 0.429. The number of carbonyl (C=O) groups is 2. The van der Waals surface area contributed by atoms with Crippen LogP contribution in [0.2, 0.25) is 5.15 Å². The first-order chi connectivity index (χ1) is 14.9. The van der Waals surface area contributed by atoms with Gasteiger partial charge in [0.25, 0.3) is 0 Å². The van der Waals surface area contributed by atoms with E-state index in [0.29, 0.717) is 27.6 Å². The lowest BCUT2D eigenvalue weighted by atomic mass is 10.3. The van der Waals surface area contributed by atoms with Gasteiger partial charge in [-0.1, -0.05) is 24.4 Å². The van der Waals surface area contributed by atoms with Gasteiger partial charge in [-0.3, -0.25) is 0 Å². The average molecular weight is 469 g/mol. The first-order valence-corrected chi connectivity index (χ1v) is 10.8. The van der Waals surface area contributed by atoms with Crippen molar-refractivity contribution in [1.82, 2.24) is 9.97 Å². The summed E-state index contributed by atoms with van der Waals surface area (Å²) in [4.78, 5) is 30.9. The van der Waals surface area contributed by atoms with Gasteiger partial charge in [0.05, 0.1) is 39.6 Å². The Morgan fingerprint density at radius 1 is 0.871 bits per heavy atom. The number of carbonyl (C=O) groups excluding carboxylic acids is 2. The molecule has 3 rings (SSSR count). The quantitative estimate of drug-likeness (QED) is 0.450. The Labute approximate surface area is 190 Å². The molecule has 0 radical (unpaired) electrons. The van der Waals surface area contributed by atoms with E-state index >= 15 is 0 Å². The summed E-state index contributed by atoms with van der Waals surface area (Å²) in [5.74, 6) is 0.0339. The van der Waals surface area contributed by atoms with Gasteiger partial charge in [-0.15, -0.1) is 11.8 Å². The normalized spacial score (nSPS) is 13.1. The number of pyridine rings is 2. The molecule has 0 saturated heterocycles. The van der Waals surface area contributed by atoms with E-state index in [9.17, 15) is 9.59 Å². The van der Waals surface area contributed by atoms with Crippen LogP contribution in [0.15, 0.2) is 29.3 Å². The van der Waals surface area contributed by atoms with E-state index in [2.05, 4.69) is 14.7 Å². The van der Waals surface area contributed by atoms with Crippen LogP contribution in [0.1, 0.15) is 46.4 Å². The lowest BCUT2D eigenvalue weighted by Gasteiger charge is -2.12. The maximum Gasteiger partial charge on any atom is 0.341 e.